The van der Waals surface area contributed by atoms with Crippen molar-refractivity contribution in [3.05, 3.63) is 52.8 Å². The molecular formula is C14H12ClN3O. The maximum Gasteiger partial charge on any atom is 0.165 e. The van der Waals surface area contributed by atoms with Crippen LogP contribution in [0.2, 0.25) is 5.15 Å². The average Bonchev–Trinajstić information content (AvgIpc) is 2.46. The van der Waals surface area contributed by atoms with Gasteiger partial charge in [0, 0.05) is 6.54 Å². The van der Waals surface area contributed by atoms with E-state index in [0.717, 1.165) is 11.3 Å². The van der Waals surface area contributed by atoms with Gasteiger partial charge >= 0.3 is 0 Å². The van der Waals surface area contributed by atoms with Gasteiger partial charge in [-0.1, -0.05) is 23.7 Å². The van der Waals surface area contributed by atoms with Gasteiger partial charge in [0.15, 0.2) is 5.69 Å². The van der Waals surface area contributed by atoms with Gasteiger partial charge in [-0.3, -0.25) is 0 Å². The quantitative estimate of drug-likeness (QED) is 0.869. The highest BCUT2D eigenvalue weighted by Gasteiger charge is 2.04. The summed E-state index contributed by atoms with van der Waals surface area (Å²) < 4.78 is 5.09. The summed E-state index contributed by atoms with van der Waals surface area (Å²) in [5, 5.41) is 12.5. The predicted octanol–water partition coefficient (Wildman–Crippen LogP) is 3.23. The first-order valence-corrected chi connectivity index (χ1v) is 6.04. The average molecular weight is 274 g/mol. The normalized spacial score (nSPS) is 9.74. The predicted molar refractivity (Wildman–Crippen MR) is 74.3 cm³/mol. The second-order valence-corrected chi connectivity index (χ2v) is 4.23. The van der Waals surface area contributed by atoms with Crippen molar-refractivity contribution in [1.82, 2.24) is 4.98 Å². The minimum Gasteiger partial charge on any atom is -0.497 e. The minimum absolute atomic E-state index is 0.293. The van der Waals surface area contributed by atoms with E-state index in [4.69, 9.17) is 21.6 Å². The van der Waals surface area contributed by atoms with E-state index in [2.05, 4.69) is 10.3 Å². The van der Waals surface area contributed by atoms with Gasteiger partial charge in [-0.15, -0.1) is 0 Å². The summed E-state index contributed by atoms with van der Waals surface area (Å²) in [5.74, 6) is 0.814. The number of nitrogens with zero attached hydrogens (tertiary/aromatic N) is 2. The largest absolute Gasteiger partial charge is 0.497 e. The molecule has 1 aromatic heterocycles. The van der Waals surface area contributed by atoms with Gasteiger partial charge < -0.3 is 10.1 Å². The van der Waals surface area contributed by atoms with Crippen LogP contribution in [-0.4, -0.2) is 12.1 Å². The van der Waals surface area contributed by atoms with E-state index in [1.807, 2.05) is 30.3 Å². The first-order valence-electron chi connectivity index (χ1n) is 5.66. The van der Waals surface area contributed by atoms with Crippen LogP contribution < -0.4 is 10.1 Å². The Morgan fingerprint density at radius 3 is 2.63 bits per heavy atom. The summed E-state index contributed by atoms with van der Waals surface area (Å²) in [4.78, 5) is 3.95. The number of methoxy groups -OCH3 is 1. The van der Waals surface area contributed by atoms with Crippen molar-refractivity contribution in [3.63, 3.8) is 0 Å². The molecule has 0 radical (unpaired) electrons. The molecule has 0 unspecified atom stereocenters. The van der Waals surface area contributed by atoms with Crippen molar-refractivity contribution in [2.45, 2.75) is 6.54 Å². The second kappa shape index (κ2) is 6.07. The fourth-order valence-electron chi connectivity index (χ4n) is 1.60. The molecule has 0 spiro atoms. The highest BCUT2D eigenvalue weighted by molar-refractivity contribution is 6.29. The van der Waals surface area contributed by atoms with Crippen LogP contribution in [0.1, 0.15) is 11.3 Å². The number of hydrogen-bond acceptors (Lipinski definition) is 4. The Morgan fingerprint density at radius 1 is 1.26 bits per heavy atom. The zero-order valence-electron chi connectivity index (χ0n) is 10.4. The molecule has 5 heteroatoms. The van der Waals surface area contributed by atoms with E-state index in [0.29, 0.717) is 23.1 Å². The molecule has 0 aliphatic rings. The van der Waals surface area contributed by atoms with Crippen LogP contribution in [-0.2, 0) is 6.54 Å². The van der Waals surface area contributed by atoms with Gasteiger partial charge in [0.2, 0.25) is 0 Å². The summed E-state index contributed by atoms with van der Waals surface area (Å²) in [7, 11) is 1.63. The second-order valence-electron chi connectivity index (χ2n) is 3.84. The fraction of sp³-hybridized carbons (Fsp3) is 0.143. The van der Waals surface area contributed by atoms with Crippen molar-refractivity contribution in [1.29, 1.82) is 5.26 Å². The Kier molecular flexibility index (Phi) is 4.22. The Balaban J connectivity index is 2.08. The highest BCUT2D eigenvalue weighted by atomic mass is 35.5. The number of nitriles is 1. The lowest BCUT2D eigenvalue weighted by Crippen LogP contribution is -2.02. The summed E-state index contributed by atoms with van der Waals surface area (Å²) in [6.45, 7) is 0.599. The van der Waals surface area contributed by atoms with Gasteiger partial charge in [0.25, 0.3) is 0 Å². The molecule has 96 valence electrons. The van der Waals surface area contributed by atoms with E-state index in [1.165, 1.54) is 0 Å². The van der Waals surface area contributed by atoms with Crippen LogP contribution in [0.25, 0.3) is 0 Å². The number of benzene rings is 1. The van der Waals surface area contributed by atoms with Crippen LogP contribution >= 0.6 is 11.6 Å². The molecule has 0 bridgehead atoms. The third-order valence-electron chi connectivity index (χ3n) is 2.61. The number of rotatable bonds is 4. The van der Waals surface area contributed by atoms with E-state index in [-0.39, 0.29) is 0 Å². The standard InChI is InChI=1S/C14H12ClN3O/c1-19-11-4-2-10(3-5-11)9-17-12-6-7-14(15)18-13(12)8-16/h2-7,17H,9H2,1H3. The van der Waals surface area contributed by atoms with Crippen LogP contribution in [0.3, 0.4) is 0 Å². The van der Waals surface area contributed by atoms with Crippen molar-refractivity contribution in [2.75, 3.05) is 12.4 Å². The fourth-order valence-corrected chi connectivity index (χ4v) is 1.75. The zero-order chi connectivity index (χ0) is 13.7. The topological polar surface area (TPSA) is 57.9 Å². The first kappa shape index (κ1) is 13.2. The third-order valence-corrected chi connectivity index (χ3v) is 2.82. The zero-order valence-corrected chi connectivity index (χ0v) is 11.1. The van der Waals surface area contributed by atoms with Gasteiger partial charge in [0.1, 0.15) is 17.0 Å². The highest BCUT2D eigenvalue weighted by Crippen LogP contribution is 2.18. The van der Waals surface area contributed by atoms with Crippen molar-refractivity contribution >= 4 is 17.3 Å². The lowest BCUT2D eigenvalue weighted by atomic mass is 10.2. The van der Waals surface area contributed by atoms with Gasteiger partial charge in [0.05, 0.1) is 12.8 Å². The molecule has 1 heterocycles. The SMILES string of the molecule is COc1ccc(CNc2ccc(Cl)nc2C#N)cc1. The molecule has 0 fully saturated rings. The molecule has 4 nitrogen and oxygen atoms in total. The number of halogens is 1. The molecule has 0 saturated carbocycles. The lowest BCUT2D eigenvalue weighted by molar-refractivity contribution is 0.414. The van der Waals surface area contributed by atoms with Gasteiger partial charge in [-0.25, -0.2) is 4.98 Å². The molecule has 0 aliphatic heterocycles. The number of anilines is 1. The van der Waals surface area contributed by atoms with E-state index in [9.17, 15) is 0 Å². The van der Waals surface area contributed by atoms with Crippen LogP contribution in [0.4, 0.5) is 5.69 Å². The number of aromatic nitrogens is 1. The number of nitrogens with one attached hydrogen (secondary N) is 1. The summed E-state index contributed by atoms with van der Waals surface area (Å²) >= 11 is 5.74. The Bertz CT molecular complexity index is 605. The summed E-state index contributed by atoms with van der Waals surface area (Å²) in [5.41, 5.74) is 2.04. The monoisotopic (exact) mass is 273 g/mol. The number of pyridine rings is 1. The van der Waals surface area contributed by atoms with Crippen LogP contribution in [0.15, 0.2) is 36.4 Å². The minimum atomic E-state index is 0.293. The molecule has 19 heavy (non-hydrogen) atoms. The Hall–Kier alpha value is -2.25. The number of ether oxygens (including phenoxy) is 1. The molecule has 1 aromatic carbocycles. The molecule has 0 saturated heterocycles. The molecule has 0 atom stereocenters. The van der Waals surface area contributed by atoms with Crippen LogP contribution in [0.5, 0.6) is 5.75 Å². The van der Waals surface area contributed by atoms with E-state index >= 15 is 0 Å². The van der Waals surface area contributed by atoms with Crippen molar-refractivity contribution < 1.29 is 4.74 Å². The van der Waals surface area contributed by atoms with Gasteiger partial charge in [-0.2, -0.15) is 5.26 Å². The molecule has 0 amide bonds. The number of hydrogen-bond donors (Lipinski definition) is 1. The van der Waals surface area contributed by atoms with Gasteiger partial charge in [-0.05, 0) is 29.8 Å². The van der Waals surface area contributed by atoms with E-state index in [1.54, 1.807) is 19.2 Å². The molecule has 2 rings (SSSR count). The molecule has 2 aromatic rings. The Labute approximate surface area is 116 Å². The molecule has 0 aliphatic carbocycles. The van der Waals surface area contributed by atoms with E-state index < -0.39 is 0 Å². The lowest BCUT2D eigenvalue weighted by Gasteiger charge is -2.08. The summed E-state index contributed by atoms with van der Waals surface area (Å²) in [6, 6.07) is 13.1. The van der Waals surface area contributed by atoms with Crippen molar-refractivity contribution in [3.8, 4) is 11.8 Å². The smallest absolute Gasteiger partial charge is 0.165 e. The van der Waals surface area contributed by atoms with Crippen LogP contribution in [0, 0.1) is 11.3 Å². The molecule has 1 N–H and O–H groups in total. The molecular weight excluding hydrogens is 262 g/mol. The maximum absolute atomic E-state index is 8.98. The maximum atomic E-state index is 8.98. The summed E-state index contributed by atoms with van der Waals surface area (Å²) in [6.07, 6.45) is 0. The first-order chi connectivity index (χ1) is 9.22. The third kappa shape index (κ3) is 3.36. The van der Waals surface area contributed by atoms with Crippen molar-refractivity contribution in [2.24, 2.45) is 0 Å². The Morgan fingerprint density at radius 2 is 2.00 bits per heavy atom.